The Bertz CT molecular complexity index is 3580. The van der Waals surface area contributed by atoms with Crippen molar-refractivity contribution in [3.8, 4) is 28.2 Å². The number of allylic oxidation sites excluding steroid dienone is 2. The summed E-state index contributed by atoms with van der Waals surface area (Å²) in [7, 11) is 0. The summed E-state index contributed by atoms with van der Waals surface area (Å²) in [5, 5.41) is 8.77. The van der Waals surface area contributed by atoms with Gasteiger partial charge in [0.1, 0.15) is 0 Å². The lowest BCUT2D eigenvalue weighted by Gasteiger charge is -2.14. The molecule has 0 unspecified atom stereocenters. The minimum atomic E-state index is 0.836. The number of nitrogens with zero attached hydrogens (tertiary/aromatic N) is 3. The van der Waals surface area contributed by atoms with Gasteiger partial charge >= 0.3 is 0 Å². The second-order valence-electron chi connectivity index (χ2n) is 15.3. The van der Waals surface area contributed by atoms with Crippen LogP contribution in [-0.4, -0.2) is 13.7 Å². The summed E-state index contributed by atoms with van der Waals surface area (Å²) in [6, 6.07) is 70.6. The van der Waals surface area contributed by atoms with Gasteiger partial charge in [-0.05, 0) is 95.4 Å². The molecule has 0 saturated carbocycles. The molecule has 0 N–H and O–H groups in total. The van der Waals surface area contributed by atoms with E-state index in [0.29, 0.717) is 0 Å². The van der Waals surface area contributed by atoms with Crippen LogP contribution in [0.15, 0.2) is 200 Å². The van der Waals surface area contributed by atoms with Gasteiger partial charge in [0.05, 0.1) is 38.6 Å². The highest BCUT2D eigenvalue weighted by atomic mass is 15.1. The summed E-state index contributed by atoms with van der Waals surface area (Å²) < 4.78 is 7.34. The molecule has 0 bridgehead atoms. The van der Waals surface area contributed by atoms with Crippen molar-refractivity contribution < 1.29 is 0 Å². The maximum atomic E-state index is 2.48. The van der Waals surface area contributed by atoms with Crippen molar-refractivity contribution in [2.75, 3.05) is 0 Å². The molecule has 272 valence electrons. The van der Waals surface area contributed by atoms with Crippen LogP contribution >= 0.6 is 0 Å². The van der Waals surface area contributed by atoms with Gasteiger partial charge in [0.15, 0.2) is 0 Å². The molecule has 3 nitrogen and oxygen atoms in total. The van der Waals surface area contributed by atoms with Crippen LogP contribution in [0.4, 0.5) is 0 Å². The van der Waals surface area contributed by atoms with Crippen LogP contribution in [-0.2, 0) is 0 Å². The van der Waals surface area contributed by atoms with E-state index in [9.17, 15) is 0 Å². The standard InChI is InChI=1S/C55H37N3/c1-3-15-37(16-4-1)39-17-13-20-42(35-39)56-49-25-10-7-21-43(49)46-32-29-38(30-33-52(46)56)40-31-34-53-48(36-40)45-23-9-12-27-51(45)58(53)54-28-14-24-47-44-22-8-11-26-50(44)57(55(47)54)41-18-5-2-6-19-41/h1-28,30-36H,29H2. The van der Waals surface area contributed by atoms with Crippen molar-refractivity contribution in [2.24, 2.45) is 0 Å². The van der Waals surface area contributed by atoms with Crippen LogP contribution in [0, 0.1) is 0 Å². The van der Waals surface area contributed by atoms with Crippen LogP contribution in [0.25, 0.3) is 100 Å². The molecule has 0 saturated heterocycles. The molecule has 11 aromatic rings. The highest BCUT2D eigenvalue weighted by Gasteiger charge is 2.20. The molecule has 0 aliphatic heterocycles. The first kappa shape index (κ1) is 32.6. The summed E-state index contributed by atoms with van der Waals surface area (Å²) in [6.07, 6.45) is 7.95. The number of hydrogen-bond donors (Lipinski definition) is 0. The molecule has 0 radical (unpaired) electrons. The van der Waals surface area contributed by atoms with Gasteiger partial charge < -0.3 is 13.7 Å². The van der Waals surface area contributed by atoms with E-state index in [0.717, 1.165) is 17.8 Å². The first-order chi connectivity index (χ1) is 28.8. The third-order valence-corrected chi connectivity index (χ3v) is 12.1. The van der Waals surface area contributed by atoms with Gasteiger partial charge in [-0.15, -0.1) is 0 Å². The molecule has 0 atom stereocenters. The molecule has 3 heteroatoms. The summed E-state index contributed by atoms with van der Waals surface area (Å²) in [5.41, 5.74) is 14.5. The smallest absolute Gasteiger partial charge is 0.0782 e. The molecular weight excluding hydrogens is 703 g/mol. The van der Waals surface area contributed by atoms with Gasteiger partial charge in [-0.3, -0.25) is 0 Å². The molecular formula is C55H37N3. The fourth-order valence-corrected chi connectivity index (χ4v) is 9.53. The van der Waals surface area contributed by atoms with E-state index >= 15 is 0 Å². The Hall–Kier alpha value is -7.62. The van der Waals surface area contributed by atoms with E-state index in [2.05, 4.69) is 226 Å². The van der Waals surface area contributed by atoms with E-state index < -0.39 is 0 Å². The monoisotopic (exact) mass is 739 g/mol. The van der Waals surface area contributed by atoms with Crippen molar-refractivity contribution in [3.05, 3.63) is 216 Å². The van der Waals surface area contributed by atoms with Crippen molar-refractivity contribution in [2.45, 2.75) is 6.42 Å². The molecule has 0 spiro atoms. The molecule has 58 heavy (non-hydrogen) atoms. The quantitative estimate of drug-likeness (QED) is 0.167. The maximum Gasteiger partial charge on any atom is 0.0782 e. The Balaban J connectivity index is 1.04. The first-order valence-corrected chi connectivity index (χ1v) is 20.1. The Labute approximate surface area is 335 Å². The zero-order chi connectivity index (χ0) is 38.2. The van der Waals surface area contributed by atoms with Gasteiger partial charge in [0.25, 0.3) is 0 Å². The van der Waals surface area contributed by atoms with E-state index in [1.165, 1.54) is 93.0 Å². The number of fused-ring (bicyclic) bond motifs is 9. The fourth-order valence-electron chi connectivity index (χ4n) is 9.53. The first-order valence-electron chi connectivity index (χ1n) is 20.1. The zero-order valence-corrected chi connectivity index (χ0v) is 31.8. The lowest BCUT2D eigenvalue weighted by molar-refractivity contribution is 1.07. The summed E-state index contributed by atoms with van der Waals surface area (Å²) in [5.74, 6) is 0. The Morgan fingerprint density at radius 1 is 0.345 bits per heavy atom. The minimum absolute atomic E-state index is 0.836. The average molecular weight is 740 g/mol. The SMILES string of the molecule is C1=C(c2ccc3c(c2)c2ccccc2n3-c2cccc3c4ccccc4n(-c4ccccc4)c23)CC=c2c(n(-c3cccc(-c4ccccc4)c3)c3ccccc23)=C1. The molecule has 8 aromatic carbocycles. The third kappa shape index (κ3) is 4.93. The van der Waals surface area contributed by atoms with Gasteiger partial charge in [0, 0.05) is 43.5 Å². The Morgan fingerprint density at radius 2 is 0.931 bits per heavy atom. The van der Waals surface area contributed by atoms with Crippen molar-refractivity contribution in [3.63, 3.8) is 0 Å². The number of aromatic nitrogens is 3. The molecule has 0 amide bonds. The number of benzene rings is 8. The predicted octanol–water partition coefficient (Wildman–Crippen LogP) is 12.5. The molecule has 12 rings (SSSR count). The molecule has 1 aliphatic carbocycles. The van der Waals surface area contributed by atoms with Gasteiger partial charge in [-0.25, -0.2) is 0 Å². The van der Waals surface area contributed by atoms with Crippen LogP contribution in [0.2, 0.25) is 0 Å². The molecule has 3 heterocycles. The third-order valence-electron chi connectivity index (χ3n) is 12.1. The molecule has 3 aromatic heterocycles. The van der Waals surface area contributed by atoms with Crippen molar-refractivity contribution in [1.29, 1.82) is 0 Å². The van der Waals surface area contributed by atoms with Gasteiger partial charge in [0.2, 0.25) is 0 Å². The summed E-state index contributed by atoms with van der Waals surface area (Å²) in [6.45, 7) is 0. The van der Waals surface area contributed by atoms with E-state index in [-0.39, 0.29) is 0 Å². The molecule has 1 aliphatic rings. The second-order valence-corrected chi connectivity index (χ2v) is 15.3. The largest absolute Gasteiger partial charge is 0.309 e. The number of rotatable bonds is 5. The zero-order valence-electron chi connectivity index (χ0n) is 31.8. The van der Waals surface area contributed by atoms with E-state index in [4.69, 9.17) is 0 Å². The molecule has 0 fully saturated rings. The van der Waals surface area contributed by atoms with Gasteiger partial charge in [-0.1, -0.05) is 146 Å². The highest BCUT2D eigenvalue weighted by Crippen LogP contribution is 2.40. The summed E-state index contributed by atoms with van der Waals surface area (Å²) in [4.78, 5) is 0. The van der Waals surface area contributed by atoms with Crippen molar-refractivity contribution >= 4 is 72.2 Å². The van der Waals surface area contributed by atoms with E-state index in [1.54, 1.807) is 0 Å². The second kappa shape index (κ2) is 13.0. The number of hydrogen-bond acceptors (Lipinski definition) is 0. The maximum absolute atomic E-state index is 2.48. The minimum Gasteiger partial charge on any atom is -0.309 e. The van der Waals surface area contributed by atoms with Crippen LogP contribution < -0.4 is 10.6 Å². The van der Waals surface area contributed by atoms with Crippen LogP contribution in [0.5, 0.6) is 0 Å². The average Bonchev–Trinajstić information content (AvgIpc) is 3.86. The van der Waals surface area contributed by atoms with Crippen LogP contribution in [0.1, 0.15) is 12.0 Å². The predicted molar refractivity (Wildman–Crippen MR) is 245 cm³/mol. The lowest BCUT2D eigenvalue weighted by atomic mass is 10.00. The Kier molecular flexibility index (Phi) is 7.29. The topological polar surface area (TPSA) is 14.8 Å². The normalized spacial score (nSPS) is 12.8. The summed E-state index contributed by atoms with van der Waals surface area (Å²) >= 11 is 0. The Morgan fingerprint density at radius 3 is 1.72 bits per heavy atom. The van der Waals surface area contributed by atoms with E-state index in [1.807, 2.05) is 0 Å². The van der Waals surface area contributed by atoms with Crippen LogP contribution in [0.3, 0.4) is 0 Å². The van der Waals surface area contributed by atoms with Gasteiger partial charge in [-0.2, -0.15) is 0 Å². The lowest BCUT2D eigenvalue weighted by Crippen LogP contribution is -2.27. The number of para-hydroxylation sites is 5. The highest BCUT2D eigenvalue weighted by molar-refractivity contribution is 6.15. The van der Waals surface area contributed by atoms with Crippen molar-refractivity contribution in [1.82, 2.24) is 13.7 Å². The fraction of sp³-hybridized carbons (Fsp3) is 0.0182.